The van der Waals surface area contributed by atoms with Gasteiger partial charge in [0.15, 0.2) is 0 Å². The standard InChI is InChI=1S/C12H23N5O/c1-5-6-9-11(13)12(17(4)15-9)14-8-7-10(18)16(2)3/h14H,5-8,13H2,1-4H3. The maximum Gasteiger partial charge on any atom is 0.223 e. The molecule has 0 fully saturated rings. The zero-order valence-electron chi connectivity index (χ0n) is 11.7. The van der Waals surface area contributed by atoms with Gasteiger partial charge < -0.3 is 16.0 Å². The van der Waals surface area contributed by atoms with E-state index < -0.39 is 0 Å². The first kappa shape index (κ1) is 14.3. The summed E-state index contributed by atoms with van der Waals surface area (Å²) in [4.78, 5) is 13.0. The van der Waals surface area contributed by atoms with E-state index in [1.807, 2.05) is 7.05 Å². The van der Waals surface area contributed by atoms with E-state index in [0.29, 0.717) is 18.7 Å². The number of hydrogen-bond acceptors (Lipinski definition) is 4. The molecule has 6 heteroatoms. The van der Waals surface area contributed by atoms with E-state index >= 15 is 0 Å². The summed E-state index contributed by atoms with van der Waals surface area (Å²) in [5.74, 6) is 0.891. The molecule has 1 rings (SSSR count). The number of nitrogens with zero attached hydrogens (tertiary/aromatic N) is 3. The van der Waals surface area contributed by atoms with Gasteiger partial charge >= 0.3 is 0 Å². The van der Waals surface area contributed by atoms with Gasteiger partial charge in [-0.2, -0.15) is 5.10 Å². The van der Waals surface area contributed by atoms with Crippen molar-refractivity contribution in [2.75, 3.05) is 31.7 Å². The van der Waals surface area contributed by atoms with E-state index in [0.717, 1.165) is 24.4 Å². The fourth-order valence-corrected chi connectivity index (χ4v) is 1.74. The van der Waals surface area contributed by atoms with Crippen molar-refractivity contribution in [3.05, 3.63) is 5.69 Å². The highest BCUT2D eigenvalue weighted by molar-refractivity contribution is 5.76. The molecule has 1 aromatic rings. The molecule has 6 nitrogen and oxygen atoms in total. The van der Waals surface area contributed by atoms with Gasteiger partial charge in [-0.1, -0.05) is 13.3 Å². The zero-order chi connectivity index (χ0) is 13.7. The van der Waals surface area contributed by atoms with E-state index in [9.17, 15) is 4.79 Å². The first-order valence-electron chi connectivity index (χ1n) is 6.22. The second-order valence-corrected chi connectivity index (χ2v) is 4.55. The molecule has 102 valence electrons. The number of rotatable bonds is 6. The lowest BCUT2D eigenvalue weighted by molar-refractivity contribution is -0.128. The number of hydrogen-bond donors (Lipinski definition) is 2. The monoisotopic (exact) mass is 253 g/mol. The molecule has 0 unspecified atom stereocenters. The van der Waals surface area contributed by atoms with E-state index in [4.69, 9.17) is 5.73 Å². The Morgan fingerprint density at radius 3 is 2.72 bits per heavy atom. The van der Waals surface area contributed by atoms with Crippen molar-refractivity contribution in [3.63, 3.8) is 0 Å². The van der Waals surface area contributed by atoms with Crippen molar-refractivity contribution >= 4 is 17.4 Å². The van der Waals surface area contributed by atoms with Crippen molar-refractivity contribution in [1.82, 2.24) is 14.7 Å². The molecule has 0 bridgehead atoms. The lowest BCUT2D eigenvalue weighted by Gasteiger charge is -2.11. The highest BCUT2D eigenvalue weighted by Crippen LogP contribution is 2.22. The quantitative estimate of drug-likeness (QED) is 0.788. The molecule has 0 aliphatic carbocycles. The van der Waals surface area contributed by atoms with Gasteiger partial charge in [-0.25, -0.2) is 0 Å². The van der Waals surface area contributed by atoms with Crippen LogP contribution in [-0.4, -0.2) is 41.2 Å². The summed E-state index contributed by atoms with van der Waals surface area (Å²) < 4.78 is 1.74. The van der Waals surface area contributed by atoms with E-state index in [1.165, 1.54) is 0 Å². The highest BCUT2D eigenvalue weighted by atomic mass is 16.2. The maximum absolute atomic E-state index is 11.4. The Kier molecular flexibility index (Phi) is 5.00. The molecule has 0 aliphatic heterocycles. The Morgan fingerprint density at radius 1 is 1.50 bits per heavy atom. The Balaban J connectivity index is 2.59. The Labute approximate surface area is 108 Å². The smallest absolute Gasteiger partial charge is 0.223 e. The number of nitrogens with two attached hydrogens (primary N) is 1. The Bertz CT molecular complexity index is 411. The van der Waals surface area contributed by atoms with Gasteiger partial charge in [-0.15, -0.1) is 0 Å². The average Bonchev–Trinajstić information content (AvgIpc) is 2.56. The molecule has 0 aromatic carbocycles. The van der Waals surface area contributed by atoms with Crippen LogP contribution >= 0.6 is 0 Å². The molecular weight excluding hydrogens is 230 g/mol. The Hall–Kier alpha value is -1.72. The van der Waals surface area contributed by atoms with E-state index in [-0.39, 0.29) is 5.91 Å². The number of aryl methyl sites for hydroxylation is 2. The van der Waals surface area contributed by atoms with Crippen LogP contribution in [0.25, 0.3) is 0 Å². The van der Waals surface area contributed by atoms with Gasteiger partial charge in [0, 0.05) is 34.1 Å². The minimum Gasteiger partial charge on any atom is -0.394 e. The second kappa shape index (κ2) is 6.28. The molecule has 1 aromatic heterocycles. The summed E-state index contributed by atoms with van der Waals surface area (Å²) in [5.41, 5.74) is 7.64. The van der Waals surface area contributed by atoms with Gasteiger partial charge in [0.2, 0.25) is 5.91 Å². The van der Waals surface area contributed by atoms with Gasteiger partial charge in [0.05, 0.1) is 11.4 Å². The van der Waals surface area contributed by atoms with Crippen LogP contribution < -0.4 is 11.1 Å². The molecule has 3 N–H and O–H groups in total. The third kappa shape index (κ3) is 3.38. The van der Waals surface area contributed by atoms with Gasteiger partial charge in [0.25, 0.3) is 0 Å². The molecule has 0 atom stereocenters. The van der Waals surface area contributed by atoms with E-state index in [1.54, 1.807) is 23.7 Å². The molecule has 0 saturated carbocycles. The molecule has 1 heterocycles. The summed E-state index contributed by atoms with van der Waals surface area (Å²) in [5, 5.41) is 7.54. The summed E-state index contributed by atoms with van der Waals surface area (Å²) >= 11 is 0. The normalized spacial score (nSPS) is 10.4. The molecule has 0 radical (unpaired) electrons. The largest absolute Gasteiger partial charge is 0.394 e. The lowest BCUT2D eigenvalue weighted by Crippen LogP contribution is -2.24. The number of carbonyl (C=O) groups is 1. The minimum absolute atomic E-state index is 0.0945. The van der Waals surface area contributed by atoms with Gasteiger partial charge in [-0.05, 0) is 6.42 Å². The average molecular weight is 253 g/mol. The SMILES string of the molecule is CCCc1nn(C)c(NCCC(=O)N(C)C)c1N. The number of nitrogens with one attached hydrogen (secondary N) is 1. The summed E-state index contributed by atoms with van der Waals surface area (Å²) in [6.07, 6.45) is 2.33. The van der Waals surface area contributed by atoms with Gasteiger partial charge in [-0.3, -0.25) is 9.48 Å². The topological polar surface area (TPSA) is 76.2 Å². The highest BCUT2D eigenvalue weighted by Gasteiger charge is 2.12. The van der Waals surface area contributed by atoms with Crippen LogP contribution in [0.5, 0.6) is 0 Å². The van der Waals surface area contributed by atoms with Crippen molar-refractivity contribution < 1.29 is 4.79 Å². The zero-order valence-corrected chi connectivity index (χ0v) is 11.7. The summed E-state index contributed by atoms with van der Waals surface area (Å²) in [7, 11) is 5.35. The number of anilines is 2. The Morgan fingerprint density at radius 2 is 2.17 bits per heavy atom. The predicted molar refractivity (Wildman–Crippen MR) is 73.4 cm³/mol. The van der Waals surface area contributed by atoms with Crippen LogP contribution in [-0.2, 0) is 18.3 Å². The van der Waals surface area contributed by atoms with Crippen LogP contribution in [0.4, 0.5) is 11.5 Å². The third-order valence-electron chi connectivity index (χ3n) is 2.78. The van der Waals surface area contributed by atoms with Crippen LogP contribution in [0.3, 0.4) is 0 Å². The fraction of sp³-hybridized carbons (Fsp3) is 0.667. The summed E-state index contributed by atoms with van der Waals surface area (Å²) in [6, 6.07) is 0. The van der Waals surface area contributed by atoms with Gasteiger partial charge in [0.1, 0.15) is 5.82 Å². The van der Waals surface area contributed by atoms with E-state index in [2.05, 4.69) is 17.3 Å². The van der Waals surface area contributed by atoms with Crippen molar-refractivity contribution in [3.8, 4) is 0 Å². The van der Waals surface area contributed by atoms with Crippen molar-refractivity contribution in [2.24, 2.45) is 7.05 Å². The summed E-state index contributed by atoms with van der Waals surface area (Å²) in [6.45, 7) is 2.66. The third-order valence-corrected chi connectivity index (χ3v) is 2.78. The number of aromatic nitrogens is 2. The maximum atomic E-state index is 11.4. The van der Waals surface area contributed by atoms with Crippen LogP contribution in [0, 0.1) is 0 Å². The van der Waals surface area contributed by atoms with Crippen LogP contribution in [0.15, 0.2) is 0 Å². The molecule has 18 heavy (non-hydrogen) atoms. The molecule has 0 saturated heterocycles. The number of nitrogen functional groups attached to an aromatic ring is 1. The molecule has 0 aliphatic rings. The first-order chi connectivity index (χ1) is 8.47. The number of amides is 1. The van der Waals surface area contributed by atoms with Crippen LogP contribution in [0.1, 0.15) is 25.5 Å². The van der Waals surface area contributed by atoms with Crippen molar-refractivity contribution in [1.29, 1.82) is 0 Å². The lowest BCUT2D eigenvalue weighted by atomic mass is 10.2. The fourth-order valence-electron chi connectivity index (χ4n) is 1.74. The van der Waals surface area contributed by atoms with Crippen LogP contribution in [0.2, 0.25) is 0 Å². The molecular formula is C12H23N5O. The number of carbonyl (C=O) groups excluding carboxylic acids is 1. The second-order valence-electron chi connectivity index (χ2n) is 4.55. The predicted octanol–water partition coefficient (Wildman–Crippen LogP) is 0.845. The minimum atomic E-state index is 0.0945. The molecule has 1 amide bonds. The first-order valence-corrected chi connectivity index (χ1v) is 6.22. The van der Waals surface area contributed by atoms with Crippen molar-refractivity contribution in [2.45, 2.75) is 26.2 Å². The molecule has 0 spiro atoms.